The van der Waals surface area contributed by atoms with Crippen molar-refractivity contribution in [2.45, 2.75) is 26.2 Å². The van der Waals surface area contributed by atoms with Gasteiger partial charge in [-0.25, -0.2) is 9.97 Å². The van der Waals surface area contributed by atoms with Gasteiger partial charge in [0.1, 0.15) is 5.75 Å². The molecule has 1 saturated heterocycles. The SMILES string of the molecule is COc1ccccc1-c1nc(C)c(C2CCNC2)c(C)n1. The molecule has 1 N–H and O–H groups in total. The number of methoxy groups -OCH3 is 1. The largest absolute Gasteiger partial charge is 0.496 e. The highest BCUT2D eigenvalue weighted by Crippen LogP contribution is 2.31. The average Bonchev–Trinajstić information content (AvgIpc) is 3.00. The van der Waals surface area contributed by atoms with Gasteiger partial charge < -0.3 is 10.1 Å². The van der Waals surface area contributed by atoms with Gasteiger partial charge >= 0.3 is 0 Å². The van der Waals surface area contributed by atoms with Crippen molar-refractivity contribution in [3.05, 3.63) is 41.2 Å². The van der Waals surface area contributed by atoms with Gasteiger partial charge in [0.05, 0.1) is 12.7 Å². The highest BCUT2D eigenvalue weighted by Gasteiger charge is 2.23. The lowest BCUT2D eigenvalue weighted by molar-refractivity contribution is 0.416. The summed E-state index contributed by atoms with van der Waals surface area (Å²) in [5.41, 5.74) is 4.41. The molecule has 1 unspecified atom stereocenters. The quantitative estimate of drug-likeness (QED) is 0.941. The first-order valence-corrected chi connectivity index (χ1v) is 7.40. The lowest BCUT2D eigenvalue weighted by Gasteiger charge is -2.16. The normalized spacial score (nSPS) is 18.0. The number of rotatable bonds is 3. The molecule has 0 aliphatic carbocycles. The van der Waals surface area contributed by atoms with Crippen LogP contribution in [0.1, 0.15) is 29.3 Å². The Morgan fingerprint density at radius 2 is 1.86 bits per heavy atom. The van der Waals surface area contributed by atoms with Crippen LogP contribution in [-0.4, -0.2) is 30.2 Å². The van der Waals surface area contributed by atoms with E-state index >= 15 is 0 Å². The molecule has 4 nitrogen and oxygen atoms in total. The second-order valence-electron chi connectivity index (χ2n) is 5.52. The van der Waals surface area contributed by atoms with Gasteiger partial charge in [-0.3, -0.25) is 0 Å². The zero-order valence-electron chi connectivity index (χ0n) is 12.8. The third kappa shape index (κ3) is 2.63. The minimum absolute atomic E-state index is 0.539. The van der Waals surface area contributed by atoms with Crippen molar-refractivity contribution in [1.29, 1.82) is 0 Å². The van der Waals surface area contributed by atoms with Crippen molar-refractivity contribution in [2.24, 2.45) is 0 Å². The van der Waals surface area contributed by atoms with E-state index in [1.54, 1.807) is 7.11 Å². The highest BCUT2D eigenvalue weighted by molar-refractivity contribution is 5.64. The summed E-state index contributed by atoms with van der Waals surface area (Å²) in [6, 6.07) is 7.89. The molecule has 1 fully saturated rings. The van der Waals surface area contributed by atoms with Crippen molar-refractivity contribution >= 4 is 0 Å². The van der Waals surface area contributed by atoms with E-state index in [2.05, 4.69) is 19.2 Å². The Kier molecular flexibility index (Phi) is 3.88. The molecule has 110 valence electrons. The van der Waals surface area contributed by atoms with Crippen LogP contribution in [-0.2, 0) is 0 Å². The fraction of sp³-hybridized carbons (Fsp3) is 0.412. The van der Waals surface area contributed by atoms with Crippen molar-refractivity contribution in [1.82, 2.24) is 15.3 Å². The van der Waals surface area contributed by atoms with Crippen LogP contribution < -0.4 is 10.1 Å². The molecule has 4 heteroatoms. The van der Waals surface area contributed by atoms with Crippen LogP contribution in [0.3, 0.4) is 0 Å². The smallest absolute Gasteiger partial charge is 0.163 e. The molecule has 2 aromatic rings. The van der Waals surface area contributed by atoms with E-state index in [9.17, 15) is 0 Å². The standard InChI is InChI=1S/C17H21N3O/c1-11-16(13-8-9-18-10-13)12(2)20-17(19-11)14-6-4-5-7-15(14)21-3/h4-7,13,18H,8-10H2,1-3H3. The highest BCUT2D eigenvalue weighted by atomic mass is 16.5. The number of aryl methyl sites for hydroxylation is 2. The second kappa shape index (κ2) is 5.82. The number of hydrogen-bond acceptors (Lipinski definition) is 4. The van der Waals surface area contributed by atoms with E-state index in [1.165, 1.54) is 12.0 Å². The van der Waals surface area contributed by atoms with E-state index < -0.39 is 0 Å². The fourth-order valence-electron chi connectivity index (χ4n) is 3.17. The number of nitrogens with zero attached hydrogens (tertiary/aromatic N) is 2. The van der Waals surface area contributed by atoms with Gasteiger partial charge in [0.15, 0.2) is 5.82 Å². The van der Waals surface area contributed by atoms with Crippen LogP contribution in [0.4, 0.5) is 0 Å². The minimum atomic E-state index is 0.539. The topological polar surface area (TPSA) is 47.0 Å². The average molecular weight is 283 g/mol. The van der Waals surface area contributed by atoms with E-state index in [0.29, 0.717) is 5.92 Å². The molecule has 1 atom stereocenters. The number of para-hydroxylation sites is 1. The molecule has 21 heavy (non-hydrogen) atoms. The monoisotopic (exact) mass is 283 g/mol. The number of aromatic nitrogens is 2. The van der Waals surface area contributed by atoms with E-state index in [1.807, 2.05) is 24.3 Å². The van der Waals surface area contributed by atoms with Crippen LogP contribution in [0.25, 0.3) is 11.4 Å². The van der Waals surface area contributed by atoms with Crippen molar-refractivity contribution in [3.63, 3.8) is 0 Å². The summed E-state index contributed by atoms with van der Waals surface area (Å²) < 4.78 is 5.42. The predicted molar refractivity (Wildman–Crippen MR) is 83.7 cm³/mol. The Hall–Kier alpha value is -1.94. The Morgan fingerprint density at radius 3 is 2.48 bits per heavy atom. The maximum absolute atomic E-state index is 5.42. The van der Waals surface area contributed by atoms with Crippen LogP contribution in [0.15, 0.2) is 24.3 Å². The zero-order valence-corrected chi connectivity index (χ0v) is 12.8. The van der Waals surface area contributed by atoms with Gasteiger partial charge in [-0.2, -0.15) is 0 Å². The molecular formula is C17H21N3O. The third-order valence-electron chi connectivity index (χ3n) is 4.14. The van der Waals surface area contributed by atoms with Crippen molar-refractivity contribution < 1.29 is 4.74 Å². The first-order chi connectivity index (χ1) is 10.2. The molecule has 0 amide bonds. The van der Waals surface area contributed by atoms with Crippen molar-refractivity contribution in [3.8, 4) is 17.1 Å². The van der Waals surface area contributed by atoms with Gasteiger partial charge in [-0.05, 0) is 44.5 Å². The number of nitrogens with one attached hydrogen (secondary N) is 1. The first-order valence-electron chi connectivity index (χ1n) is 7.40. The molecule has 1 aliphatic heterocycles. The summed E-state index contributed by atoms with van der Waals surface area (Å²) in [5, 5.41) is 3.41. The van der Waals surface area contributed by atoms with Gasteiger partial charge in [0.2, 0.25) is 0 Å². The third-order valence-corrected chi connectivity index (χ3v) is 4.14. The molecule has 1 aromatic carbocycles. The number of benzene rings is 1. The molecule has 1 aliphatic rings. The molecule has 0 saturated carbocycles. The van der Waals surface area contributed by atoms with Crippen LogP contribution in [0.2, 0.25) is 0 Å². The van der Waals surface area contributed by atoms with Crippen molar-refractivity contribution in [2.75, 3.05) is 20.2 Å². The van der Waals surface area contributed by atoms with Gasteiger partial charge in [-0.15, -0.1) is 0 Å². The van der Waals surface area contributed by atoms with E-state index in [-0.39, 0.29) is 0 Å². The number of ether oxygens (including phenoxy) is 1. The maximum Gasteiger partial charge on any atom is 0.163 e. The van der Waals surface area contributed by atoms with Crippen LogP contribution in [0.5, 0.6) is 5.75 Å². The van der Waals surface area contributed by atoms with Crippen LogP contribution in [0, 0.1) is 13.8 Å². The lowest BCUT2D eigenvalue weighted by Crippen LogP contribution is -2.12. The first kappa shape index (κ1) is 14.0. The Morgan fingerprint density at radius 1 is 1.14 bits per heavy atom. The summed E-state index contributed by atoms with van der Waals surface area (Å²) in [6.45, 7) is 6.28. The maximum atomic E-state index is 5.42. The molecule has 1 aromatic heterocycles. The minimum Gasteiger partial charge on any atom is -0.496 e. The number of hydrogen-bond donors (Lipinski definition) is 1. The zero-order chi connectivity index (χ0) is 14.8. The Bertz CT molecular complexity index is 625. The molecule has 0 spiro atoms. The molecule has 0 bridgehead atoms. The van der Waals surface area contributed by atoms with Gasteiger partial charge in [-0.1, -0.05) is 12.1 Å². The van der Waals surface area contributed by atoms with Crippen LogP contribution >= 0.6 is 0 Å². The lowest BCUT2D eigenvalue weighted by atomic mass is 9.95. The van der Waals surface area contributed by atoms with E-state index in [0.717, 1.165) is 41.6 Å². The summed E-state index contributed by atoms with van der Waals surface area (Å²) in [5.74, 6) is 2.10. The summed E-state index contributed by atoms with van der Waals surface area (Å²) >= 11 is 0. The fourth-order valence-corrected chi connectivity index (χ4v) is 3.17. The molecule has 3 rings (SSSR count). The Balaban J connectivity index is 2.05. The van der Waals surface area contributed by atoms with Gasteiger partial charge in [0.25, 0.3) is 0 Å². The summed E-state index contributed by atoms with van der Waals surface area (Å²) in [4.78, 5) is 9.48. The molecular weight excluding hydrogens is 262 g/mol. The predicted octanol–water partition coefficient (Wildman–Crippen LogP) is 2.85. The Labute approximate surface area is 125 Å². The summed E-state index contributed by atoms with van der Waals surface area (Å²) in [6.07, 6.45) is 1.17. The second-order valence-corrected chi connectivity index (χ2v) is 5.52. The van der Waals surface area contributed by atoms with E-state index in [4.69, 9.17) is 14.7 Å². The molecule has 0 radical (unpaired) electrons. The summed E-state index contributed by atoms with van der Waals surface area (Å²) in [7, 11) is 1.68. The molecule has 2 heterocycles. The van der Waals surface area contributed by atoms with Gasteiger partial charge in [0, 0.05) is 23.9 Å².